The Hall–Kier alpha value is -2.88. The molecular formula is C21H23Cl2N5O4. The van der Waals surface area contributed by atoms with Gasteiger partial charge in [-0.15, -0.1) is 22.6 Å². The molecular weight excluding hydrogens is 457 g/mol. The molecule has 9 nitrogen and oxygen atoms in total. The second kappa shape index (κ2) is 10.2. The number of nitro groups is 1. The molecule has 1 aliphatic rings. The van der Waals surface area contributed by atoms with Gasteiger partial charge >= 0.3 is 0 Å². The van der Waals surface area contributed by atoms with E-state index in [1.807, 2.05) is 6.07 Å². The van der Waals surface area contributed by atoms with Gasteiger partial charge in [0, 0.05) is 42.5 Å². The van der Waals surface area contributed by atoms with E-state index < -0.39 is 4.92 Å². The highest BCUT2D eigenvalue weighted by atomic mass is 35.5. The summed E-state index contributed by atoms with van der Waals surface area (Å²) >= 11 is 6.20. The topological polar surface area (TPSA) is 114 Å². The van der Waals surface area contributed by atoms with Crippen molar-refractivity contribution in [3.8, 4) is 5.75 Å². The van der Waals surface area contributed by atoms with Crippen molar-refractivity contribution in [1.82, 2.24) is 10.2 Å². The molecule has 0 radical (unpaired) electrons. The SMILES string of the molecule is COc1ccc(CNc2nnc(N3CCC(O)CC3)c3ccc([N+](=O)[O-])cc23)cc1Cl.Cl. The number of hydrogen-bond donors (Lipinski definition) is 2. The number of nitro benzene ring substituents is 1. The molecule has 2 heterocycles. The molecule has 3 aromatic rings. The van der Waals surface area contributed by atoms with Crippen molar-refractivity contribution in [2.75, 3.05) is 30.4 Å². The summed E-state index contributed by atoms with van der Waals surface area (Å²) < 4.78 is 5.17. The minimum absolute atomic E-state index is 0. The van der Waals surface area contributed by atoms with Crippen molar-refractivity contribution in [2.24, 2.45) is 0 Å². The minimum atomic E-state index is -0.427. The highest BCUT2D eigenvalue weighted by molar-refractivity contribution is 6.32. The lowest BCUT2D eigenvalue weighted by atomic mass is 10.1. The van der Waals surface area contributed by atoms with E-state index in [9.17, 15) is 15.2 Å². The smallest absolute Gasteiger partial charge is 0.270 e. The average molecular weight is 480 g/mol. The van der Waals surface area contributed by atoms with Crippen molar-refractivity contribution in [1.29, 1.82) is 0 Å². The number of rotatable bonds is 6. The van der Waals surface area contributed by atoms with Crippen LogP contribution in [-0.4, -0.2) is 46.5 Å². The molecule has 0 bridgehead atoms. The highest BCUT2D eigenvalue weighted by Gasteiger charge is 2.22. The van der Waals surface area contributed by atoms with Gasteiger partial charge in [-0.2, -0.15) is 0 Å². The summed E-state index contributed by atoms with van der Waals surface area (Å²) in [5, 5.41) is 35.0. The van der Waals surface area contributed by atoms with Gasteiger partial charge in [-0.05, 0) is 36.6 Å². The number of halogens is 2. The number of ether oxygens (including phenoxy) is 1. The third-order valence-electron chi connectivity index (χ3n) is 5.39. The summed E-state index contributed by atoms with van der Waals surface area (Å²) in [4.78, 5) is 13.0. The fourth-order valence-corrected chi connectivity index (χ4v) is 3.97. The second-order valence-electron chi connectivity index (χ2n) is 7.40. The van der Waals surface area contributed by atoms with Crippen molar-refractivity contribution in [2.45, 2.75) is 25.5 Å². The molecule has 2 aromatic carbocycles. The maximum Gasteiger partial charge on any atom is 0.270 e. The van der Waals surface area contributed by atoms with Crippen molar-refractivity contribution >= 4 is 52.1 Å². The van der Waals surface area contributed by atoms with Crippen LogP contribution in [0.25, 0.3) is 10.8 Å². The van der Waals surface area contributed by atoms with Gasteiger partial charge in [-0.1, -0.05) is 17.7 Å². The van der Waals surface area contributed by atoms with Crippen LogP contribution in [0.15, 0.2) is 36.4 Å². The Morgan fingerprint density at radius 3 is 2.62 bits per heavy atom. The number of piperidine rings is 1. The molecule has 11 heteroatoms. The maximum absolute atomic E-state index is 11.3. The van der Waals surface area contributed by atoms with Crippen LogP contribution >= 0.6 is 24.0 Å². The van der Waals surface area contributed by atoms with E-state index in [-0.39, 0.29) is 24.2 Å². The van der Waals surface area contributed by atoms with Crippen LogP contribution in [0.3, 0.4) is 0 Å². The van der Waals surface area contributed by atoms with Gasteiger partial charge in [0.05, 0.1) is 23.2 Å². The Kier molecular flexibility index (Phi) is 7.55. The summed E-state index contributed by atoms with van der Waals surface area (Å²) in [6.45, 7) is 1.71. The number of aliphatic hydroxyl groups excluding tert-OH is 1. The normalized spacial score (nSPS) is 14.2. The van der Waals surface area contributed by atoms with Gasteiger partial charge in [0.1, 0.15) is 5.75 Å². The van der Waals surface area contributed by atoms with E-state index >= 15 is 0 Å². The first kappa shape index (κ1) is 23.8. The standard InChI is InChI=1S/C21H22ClN5O4.ClH/c1-31-19-5-2-13(10-18(19)22)12-23-20-17-11-14(27(29)30)3-4-16(17)21(25-24-20)26-8-6-15(28)7-9-26;/h2-5,10-11,15,28H,6-9,12H2,1H3,(H,23,24);1H. The average Bonchev–Trinajstić information content (AvgIpc) is 2.77. The minimum Gasteiger partial charge on any atom is -0.495 e. The molecule has 1 fully saturated rings. The molecule has 32 heavy (non-hydrogen) atoms. The molecule has 0 saturated carbocycles. The van der Waals surface area contributed by atoms with Crippen LogP contribution in [0, 0.1) is 10.1 Å². The van der Waals surface area contributed by atoms with Gasteiger partial charge in [0.15, 0.2) is 11.6 Å². The quantitative estimate of drug-likeness (QED) is 0.399. The molecule has 0 unspecified atom stereocenters. The summed E-state index contributed by atoms with van der Waals surface area (Å²) in [7, 11) is 1.55. The lowest BCUT2D eigenvalue weighted by molar-refractivity contribution is -0.384. The second-order valence-corrected chi connectivity index (χ2v) is 7.81. The van der Waals surface area contributed by atoms with Crippen LogP contribution in [0.1, 0.15) is 18.4 Å². The number of aromatic nitrogens is 2. The Balaban J connectivity index is 0.00000289. The van der Waals surface area contributed by atoms with E-state index in [4.69, 9.17) is 16.3 Å². The first-order valence-corrected chi connectivity index (χ1v) is 10.3. The first-order chi connectivity index (χ1) is 15.0. The number of nitrogens with one attached hydrogen (secondary N) is 1. The lowest BCUT2D eigenvalue weighted by Crippen LogP contribution is -2.36. The zero-order chi connectivity index (χ0) is 22.0. The largest absolute Gasteiger partial charge is 0.495 e. The number of methoxy groups -OCH3 is 1. The third-order valence-corrected chi connectivity index (χ3v) is 5.69. The number of non-ortho nitro benzene ring substituents is 1. The summed E-state index contributed by atoms with van der Waals surface area (Å²) in [5.74, 6) is 1.70. The molecule has 0 spiro atoms. The van der Waals surface area contributed by atoms with Gasteiger partial charge in [0.2, 0.25) is 0 Å². The molecule has 1 aliphatic heterocycles. The Morgan fingerprint density at radius 2 is 1.97 bits per heavy atom. The van der Waals surface area contributed by atoms with E-state index in [1.54, 1.807) is 25.3 Å². The van der Waals surface area contributed by atoms with Gasteiger partial charge in [-0.3, -0.25) is 10.1 Å². The maximum atomic E-state index is 11.3. The van der Waals surface area contributed by atoms with Crippen LogP contribution < -0.4 is 15.0 Å². The number of fused-ring (bicyclic) bond motifs is 1. The van der Waals surface area contributed by atoms with Crippen LogP contribution in [0.5, 0.6) is 5.75 Å². The zero-order valence-electron chi connectivity index (χ0n) is 17.3. The summed E-state index contributed by atoms with van der Waals surface area (Å²) in [6.07, 6.45) is 0.983. The van der Waals surface area contributed by atoms with Gasteiger partial charge < -0.3 is 20.1 Å². The van der Waals surface area contributed by atoms with Gasteiger partial charge in [-0.25, -0.2) is 0 Å². The predicted octanol–water partition coefficient (Wildman–Crippen LogP) is 4.20. The molecule has 1 aromatic heterocycles. The predicted molar refractivity (Wildman–Crippen MR) is 126 cm³/mol. The summed E-state index contributed by atoms with van der Waals surface area (Å²) in [5.41, 5.74) is 0.885. The van der Waals surface area contributed by atoms with E-state index in [1.165, 1.54) is 12.1 Å². The van der Waals surface area contributed by atoms with Crippen LogP contribution in [0.2, 0.25) is 5.02 Å². The molecule has 0 aliphatic carbocycles. The molecule has 4 rings (SSSR count). The molecule has 0 amide bonds. The first-order valence-electron chi connectivity index (χ1n) is 9.90. The molecule has 1 saturated heterocycles. The Morgan fingerprint density at radius 1 is 1.22 bits per heavy atom. The van der Waals surface area contributed by atoms with Crippen molar-refractivity contribution in [3.05, 3.63) is 57.1 Å². The number of anilines is 2. The van der Waals surface area contributed by atoms with E-state index in [2.05, 4.69) is 20.4 Å². The monoisotopic (exact) mass is 479 g/mol. The molecule has 170 valence electrons. The van der Waals surface area contributed by atoms with E-state index in [0.29, 0.717) is 60.3 Å². The zero-order valence-corrected chi connectivity index (χ0v) is 18.9. The fourth-order valence-electron chi connectivity index (χ4n) is 3.69. The highest BCUT2D eigenvalue weighted by Crippen LogP contribution is 2.33. The molecule has 0 atom stereocenters. The Labute approximate surface area is 195 Å². The van der Waals surface area contributed by atoms with E-state index in [0.717, 1.165) is 10.9 Å². The lowest BCUT2D eigenvalue weighted by Gasteiger charge is -2.31. The summed E-state index contributed by atoms with van der Waals surface area (Å²) in [6, 6.07) is 10.1. The Bertz CT molecular complexity index is 1120. The van der Waals surface area contributed by atoms with Crippen molar-refractivity contribution < 1.29 is 14.8 Å². The third kappa shape index (κ3) is 4.95. The van der Waals surface area contributed by atoms with Crippen LogP contribution in [-0.2, 0) is 6.54 Å². The number of hydrogen-bond acceptors (Lipinski definition) is 8. The van der Waals surface area contributed by atoms with Crippen molar-refractivity contribution in [3.63, 3.8) is 0 Å². The molecule has 2 N–H and O–H groups in total. The van der Waals surface area contributed by atoms with Crippen LogP contribution in [0.4, 0.5) is 17.3 Å². The number of benzene rings is 2. The number of nitrogens with zero attached hydrogens (tertiary/aromatic N) is 4. The fraction of sp³-hybridized carbons (Fsp3) is 0.333. The number of aliphatic hydroxyl groups is 1. The van der Waals surface area contributed by atoms with Gasteiger partial charge in [0.25, 0.3) is 5.69 Å².